The second-order valence-corrected chi connectivity index (χ2v) is 6.63. The predicted molar refractivity (Wildman–Crippen MR) is 103 cm³/mol. The highest BCUT2D eigenvalue weighted by molar-refractivity contribution is 5.92. The summed E-state index contributed by atoms with van der Waals surface area (Å²) in [7, 11) is 5.40. The van der Waals surface area contributed by atoms with Crippen LogP contribution in [0.15, 0.2) is 23.2 Å². The molecule has 1 atom stereocenters. The first-order chi connectivity index (χ1) is 12.0. The molecular formula is C18H31N5O2. The van der Waals surface area contributed by atoms with Crippen LogP contribution in [0.2, 0.25) is 0 Å². The standard InChI is InChI=1S/C18H31N5O2/c1-14(13-23-9-7-22(2)8-10-23)12-20-18(19)21-15-5-6-16(24-3)17(11-15)25-4/h5-6,11,14H,7-10,12-13H2,1-4H3,(H3,19,20,21). The van der Waals surface area contributed by atoms with Gasteiger partial charge in [-0.05, 0) is 25.1 Å². The smallest absolute Gasteiger partial charge is 0.193 e. The van der Waals surface area contributed by atoms with E-state index in [4.69, 9.17) is 15.2 Å². The molecule has 140 valence electrons. The lowest BCUT2D eigenvalue weighted by Crippen LogP contribution is -2.46. The molecule has 7 heteroatoms. The number of aliphatic imine (C=N–C) groups is 1. The van der Waals surface area contributed by atoms with E-state index in [9.17, 15) is 0 Å². The predicted octanol–water partition coefficient (Wildman–Crippen LogP) is 1.31. The number of hydrogen-bond donors (Lipinski definition) is 2. The maximum Gasteiger partial charge on any atom is 0.193 e. The average Bonchev–Trinajstić information content (AvgIpc) is 2.62. The number of guanidine groups is 1. The van der Waals surface area contributed by atoms with Gasteiger partial charge in [-0.25, -0.2) is 0 Å². The zero-order valence-electron chi connectivity index (χ0n) is 15.8. The first kappa shape index (κ1) is 19.3. The Morgan fingerprint density at radius 1 is 1.20 bits per heavy atom. The molecule has 0 amide bonds. The lowest BCUT2D eigenvalue weighted by Gasteiger charge is -2.33. The summed E-state index contributed by atoms with van der Waals surface area (Å²) in [6, 6.07) is 5.57. The van der Waals surface area contributed by atoms with Gasteiger partial charge >= 0.3 is 0 Å². The van der Waals surface area contributed by atoms with Crippen molar-refractivity contribution in [3.8, 4) is 11.5 Å². The number of anilines is 1. The Morgan fingerprint density at radius 3 is 2.52 bits per heavy atom. The summed E-state index contributed by atoms with van der Waals surface area (Å²) in [6.07, 6.45) is 0. The number of nitrogens with one attached hydrogen (secondary N) is 1. The summed E-state index contributed by atoms with van der Waals surface area (Å²) in [5.41, 5.74) is 6.84. The highest BCUT2D eigenvalue weighted by Gasteiger charge is 2.15. The molecule has 1 aliphatic heterocycles. The van der Waals surface area contributed by atoms with Crippen LogP contribution in [0.4, 0.5) is 5.69 Å². The van der Waals surface area contributed by atoms with Gasteiger partial charge in [-0.1, -0.05) is 6.92 Å². The van der Waals surface area contributed by atoms with Crippen LogP contribution in [-0.2, 0) is 0 Å². The maximum atomic E-state index is 6.01. The van der Waals surface area contributed by atoms with E-state index in [2.05, 4.69) is 34.1 Å². The molecule has 1 unspecified atom stereocenters. The number of nitrogens with zero attached hydrogens (tertiary/aromatic N) is 3. The number of hydrogen-bond acceptors (Lipinski definition) is 5. The van der Waals surface area contributed by atoms with Gasteiger partial charge in [0.25, 0.3) is 0 Å². The Balaban J connectivity index is 1.82. The van der Waals surface area contributed by atoms with E-state index < -0.39 is 0 Å². The Bertz CT molecular complexity index is 571. The van der Waals surface area contributed by atoms with Gasteiger partial charge in [-0.3, -0.25) is 4.99 Å². The van der Waals surface area contributed by atoms with E-state index in [0.29, 0.717) is 29.9 Å². The molecule has 25 heavy (non-hydrogen) atoms. The van der Waals surface area contributed by atoms with Crippen LogP contribution >= 0.6 is 0 Å². The van der Waals surface area contributed by atoms with Crippen molar-refractivity contribution < 1.29 is 9.47 Å². The normalized spacial score (nSPS) is 18.0. The fraction of sp³-hybridized carbons (Fsp3) is 0.611. The minimum absolute atomic E-state index is 0.414. The van der Waals surface area contributed by atoms with E-state index in [-0.39, 0.29) is 0 Å². The third-order valence-corrected chi connectivity index (χ3v) is 4.40. The summed E-state index contributed by atoms with van der Waals surface area (Å²) in [5, 5.41) is 3.10. The quantitative estimate of drug-likeness (QED) is 0.571. The number of ether oxygens (including phenoxy) is 2. The molecule has 1 aromatic carbocycles. The second-order valence-electron chi connectivity index (χ2n) is 6.63. The van der Waals surface area contributed by atoms with Gasteiger partial charge in [-0.2, -0.15) is 0 Å². The fourth-order valence-electron chi connectivity index (χ4n) is 2.88. The van der Waals surface area contributed by atoms with Gasteiger partial charge in [0.15, 0.2) is 17.5 Å². The maximum absolute atomic E-state index is 6.01. The van der Waals surface area contributed by atoms with E-state index >= 15 is 0 Å². The summed E-state index contributed by atoms with van der Waals surface area (Å²) in [5.74, 6) is 2.22. The minimum atomic E-state index is 0.414. The Morgan fingerprint density at radius 2 is 1.88 bits per heavy atom. The monoisotopic (exact) mass is 349 g/mol. The highest BCUT2D eigenvalue weighted by Crippen LogP contribution is 2.29. The third kappa shape index (κ3) is 6.10. The molecule has 0 bridgehead atoms. The molecule has 1 fully saturated rings. The molecule has 3 N–H and O–H groups in total. The molecule has 2 rings (SSSR count). The van der Waals surface area contributed by atoms with Gasteiger partial charge in [0.2, 0.25) is 0 Å². The van der Waals surface area contributed by atoms with Gasteiger partial charge in [0.05, 0.1) is 14.2 Å². The molecule has 0 aliphatic carbocycles. The van der Waals surface area contributed by atoms with Crippen molar-refractivity contribution in [1.29, 1.82) is 0 Å². The van der Waals surface area contributed by atoms with Crippen LogP contribution in [0.3, 0.4) is 0 Å². The first-order valence-corrected chi connectivity index (χ1v) is 8.71. The van der Waals surface area contributed by atoms with Crippen molar-refractivity contribution in [2.75, 3.05) is 65.9 Å². The zero-order chi connectivity index (χ0) is 18.2. The molecule has 1 aromatic rings. The van der Waals surface area contributed by atoms with Crippen molar-refractivity contribution in [1.82, 2.24) is 9.80 Å². The Kier molecular flexibility index (Phi) is 7.33. The third-order valence-electron chi connectivity index (χ3n) is 4.40. The van der Waals surface area contributed by atoms with Crippen LogP contribution < -0.4 is 20.5 Å². The fourth-order valence-corrected chi connectivity index (χ4v) is 2.88. The van der Waals surface area contributed by atoms with Gasteiger partial charge in [-0.15, -0.1) is 0 Å². The van der Waals surface area contributed by atoms with E-state index in [1.165, 1.54) is 0 Å². The summed E-state index contributed by atoms with van der Waals surface area (Å²) < 4.78 is 10.5. The number of benzene rings is 1. The van der Waals surface area contributed by atoms with Crippen molar-refractivity contribution in [2.45, 2.75) is 6.92 Å². The van der Waals surface area contributed by atoms with Crippen molar-refractivity contribution in [3.63, 3.8) is 0 Å². The van der Waals surface area contributed by atoms with E-state index in [1.807, 2.05) is 18.2 Å². The van der Waals surface area contributed by atoms with E-state index in [0.717, 1.165) is 38.4 Å². The number of rotatable bonds is 7. The molecule has 1 aliphatic rings. The van der Waals surface area contributed by atoms with Crippen LogP contribution in [0, 0.1) is 5.92 Å². The molecule has 1 saturated heterocycles. The summed E-state index contributed by atoms with van der Waals surface area (Å²) in [4.78, 5) is 9.34. The van der Waals surface area contributed by atoms with Crippen molar-refractivity contribution >= 4 is 11.6 Å². The molecule has 0 spiro atoms. The summed E-state index contributed by atoms with van der Waals surface area (Å²) >= 11 is 0. The second kappa shape index (κ2) is 9.48. The SMILES string of the molecule is COc1ccc(NC(N)=NCC(C)CN2CCN(C)CC2)cc1OC. The minimum Gasteiger partial charge on any atom is -0.493 e. The van der Waals surface area contributed by atoms with Crippen molar-refractivity contribution in [3.05, 3.63) is 18.2 Å². The molecular weight excluding hydrogens is 318 g/mol. The Hall–Kier alpha value is -1.99. The highest BCUT2D eigenvalue weighted by atomic mass is 16.5. The first-order valence-electron chi connectivity index (χ1n) is 8.71. The van der Waals surface area contributed by atoms with Crippen LogP contribution in [0.25, 0.3) is 0 Å². The molecule has 0 radical (unpaired) electrons. The van der Waals surface area contributed by atoms with Crippen molar-refractivity contribution in [2.24, 2.45) is 16.6 Å². The Labute approximate surface area is 150 Å². The van der Waals surface area contributed by atoms with Crippen LogP contribution in [-0.4, -0.2) is 76.3 Å². The molecule has 0 saturated carbocycles. The molecule has 0 aromatic heterocycles. The molecule has 7 nitrogen and oxygen atoms in total. The van der Waals surface area contributed by atoms with Crippen LogP contribution in [0.5, 0.6) is 11.5 Å². The lowest BCUT2D eigenvalue weighted by molar-refractivity contribution is 0.140. The van der Waals surface area contributed by atoms with Crippen LogP contribution in [0.1, 0.15) is 6.92 Å². The van der Waals surface area contributed by atoms with E-state index in [1.54, 1.807) is 14.2 Å². The number of methoxy groups -OCH3 is 2. The average molecular weight is 349 g/mol. The zero-order valence-corrected chi connectivity index (χ0v) is 15.8. The number of nitrogens with two attached hydrogens (primary N) is 1. The topological polar surface area (TPSA) is 75.4 Å². The van der Waals surface area contributed by atoms with Gasteiger partial charge in [0.1, 0.15) is 0 Å². The number of likely N-dealkylation sites (N-methyl/N-ethyl adjacent to an activating group) is 1. The number of piperazine rings is 1. The lowest BCUT2D eigenvalue weighted by atomic mass is 10.1. The van der Waals surface area contributed by atoms with Gasteiger partial charge < -0.3 is 30.3 Å². The molecule has 1 heterocycles. The summed E-state index contributed by atoms with van der Waals surface area (Å²) in [6.45, 7) is 8.51. The van der Waals surface area contributed by atoms with Gasteiger partial charge in [0, 0.05) is 51.0 Å². The largest absolute Gasteiger partial charge is 0.493 e.